The molecule has 0 unspecified atom stereocenters. The number of hydrogen-bond acceptors (Lipinski definition) is 5. The first-order chi connectivity index (χ1) is 12.1. The standard InChI is InChI=1S/C18H26N6O/c1-4-13-10-21-23-16(13)14-6-5-7-24(11-14)17(25)15-8-19-18(20-9-15)22-12(2)3/h8-10,12,14H,4-7,11H2,1-3H3,(H,21,23)(H,19,20,22)/t14-/m1/s1. The molecule has 1 fully saturated rings. The molecule has 3 heterocycles. The zero-order chi connectivity index (χ0) is 17.8. The second-order valence-electron chi connectivity index (χ2n) is 6.85. The molecular weight excluding hydrogens is 316 g/mol. The van der Waals surface area contributed by atoms with Crippen molar-refractivity contribution in [3.8, 4) is 0 Å². The molecule has 0 aliphatic carbocycles. The van der Waals surface area contributed by atoms with Crippen LogP contribution in [-0.4, -0.2) is 50.1 Å². The zero-order valence-corrected chi connectivity index (χ0v) is 15.1. The first kappa shape index (κ1) is 17.4. The number of aromatic amines is 1. The van der Waals surface area contributed by atoms with Crippen molar-refractivity contribution in [1.29, 1.82) is 0 Å². The molecule has 2 N–H and O–H groups in total. The fraction of sp³-hybridized carbons (Fsp3) is 0.556. The van der Waals surface area contributed by atoms with Crippen molar-refractivity contribution in [1.82, 2.24) is 25.1 Å². The second-order valence-corrected chi connectivity index (χ2v) is 6.85. The van der Waals surface area contributed by atoms with Crippen molar-refractivity contribution in [3.63, 3.8) is 0 Å². The number of likely N-dealkylation sites (tertiary alicyclic amines) is 1. The number of anilines is 1. The number of aromatic nitrogens is 4. The number of rotatable bonds is 5. The summed E-state index contributed by atoms with van der Waals surface area (Å²) in [7, 11) is 0. The van der Waals surface area contributed by atoms with Crippen molar-refractivity contribution in [2.75, 3.05) is 18.4 Å². The Balaban J connectivity index is 1.69. The molecule has 1 atom stereocenters. The molecule has 25 heavy (non-hydrogen) atoms. The van der Waals surface area contributed by atoms with Crippen LogP contribution in [0.3, 0.4) is 0 Å². The second kappa shape index (κ2) is 7.63. The highest BCUT2D eigenvalue weighted by Crippen LogP contribution is 2.28. The van der Waals surface area contributed by atoms with Crippen LogP contribution >= 0.6 is 0 Å². The van der Waals surface area contributed by atoms with Gasteiger partial charge in [-0.15, -0.1) is 0 Å². The monoisotopic (exact) mass is 342 g/mol. The first-order valence-electron chi connectivity index (χ1n) is 8.98. The Hall–Kier alpha value is -2.44. The third-order valence-corrected chi connectivity index (χ3v) is 4.57. The maximum Gasteiger partial charge on any atom is 0.257 e. The molecule has 7 heteroatoms. The molecule has 0 saturated carbocycles. The van der Waals surface area contributed by atoms with E-state index in [1.54, 1.807) is 12.4 Å². The Labute approximate surface area is 148 Å². The van der Waals surface area contributed by atoms with E-state index in [4.69, 9.17) is 0 Å². The highest BCUT2D eigenvalue weighted by atomic mass is 16.2. The van der Waals surface area contributed by atoms with E-state index >= 15 is 0 Å². The normalized spacial score (nSPS) is 17.8. The highest BCUT2D eigenvalue weighted by molar-refractivity contribution is 5.93. The van der Waals surface area contributed by atoms with Crippen LogP contribution in [0.2, 0.25) is 0 Å². The summed E-state index contributed by atoms with van der Waals surface area (Å²) in [4.78, 5) is 23.2. The van der Waals surface area contributed by atoms with Gasteiger partial charge in [0.05, 0.1) is 11.8 Å². The van der Waals surface area contributed by atoms with Gasteiger partial charge in [-0.1, -0.05) is 6.92 Å². The van der Waals surface area contributed by atoms with E-state index in [1.807, 2.05) is 24.9 Å². The summed E-state index contributed by atoms with van der Waals surface area (Å²) >= 11 is 0. The van der Waals surface area contributed by atoms with E-state index in [2.05, 4.69) is 32.4 Å². The molecule has 1 saturated heterocycles. The third-order valence-electron chi connectivity index (χ3n) is 4.57. The van der Waals surface area contributed by atoms with Gasteiger partial charge < -0.3 is 10.2 Å². The van der Waals surface area contributed by atoms with Gasteiger partial charge in [-0.2, -0.15) is 5.10 Å². The molecular formula is C18H26N6O. The summed E-state index contributed by atoms with van der Waals surface area (Å²) < 4.78 is 0. The molecule has 0 spiro atoms. The van der Waals surface area contributed by atoms with Gasteiger partial charge >= 0.3 is 0 Å². The summed E-state index contributed by atoms with van der Waals surface area (Å²) in [5, 5.41) is 10.4. The molecule has 1 aliphatic heterocycles. The van der Waals surface area contributed by atoms with Gasteiger partial charge in [-0.05, 0) is 38.7 Å². The smallest absolute Gasteiger partial charge is 0.257 e. The van der Waals surface area contributed by atoms with Gasteiger partial charge in [0, 0.05) is 43.1 Å². The summed E-state index contributed by atoms with van der Waals surface area (Å²) in [5.74, 6) is 0.865. The summed E-state index contributed by atoms with van der Waals surface area (Å²) in [6.45, 7) is 7.66. The molecule has 0 bridgehead atoms. The van der Waals surface area contributed by atoms with E-state index in [1.165, 1.54) is 11.3 Å². The fourth-order valence-corrected chi connectivity index (χ4v) is 3.31. The fourth-order valence-electron chi connectivity index (χ4n) is 3.31. The van der Waals surface area contributed by atoms with Crippen LogP contribution in [0.4, 0.5) is 5.95 Å². The van der Waals surface area contributed by atoms with E-state index in [-0.39, 0.29) is 11.9 Å². The Kier molecular flexibility index (Phi) is 5.31. The van der Waals surface area contributed by atoms with E-state index in [0.717, 1.165) is 25.8 Å². The largest absolute Gasteiger partial charge is 0.352 e. The predicted octanol–water partition coefficient (Wildman–Crippen LogP) is 2.60. The molecule has 2 aromatic heterocycles. The minimum Gasteiger partial charge on any atom is -0.352 e. The number of nitrogens with one attached hydrogen (secondary N) is 2. The van der Waals surface area contributed by atoms with Crippen LogP contribution in [0.1, 0.15) is 61.1 Å². The van der Waals surface area contributed by atoms with Crippen LogP contribution in [0.5, 0.6) is 0 Å². The Bertz CT molecular complexity index is 709. The minimum atomic E-state index is -0.00152. The number of hydrogen-bond donors (Lipinski definition) is 2. The van der Waals surface area contributed by atoms with E-state index in [0.29, 0.717) is 24.0 Å². The number of nitrogens with zero attached hydrogens (tertiary/aromatic N) is 4. The van der Waals surface area contributed by atoms with Crippen LogP contribution in [-0.2, 0) is 6.42 Å². The Morgan fingerprint density at radius 1 is 1.36 bits per heavy atom. The molecule has 1 amide bonds. The van der Waals surface area contributed by atoms with Gasteiger partial charge in [-0.3, -0.25) is 9.89 Å². The maximum absolute atomic E-state index is 12.8. The van der Waals surface area contributed by atoms with Gasteiger partial charge in [0.1, 0.15) is 0 Å². The maximum atomic E-state index is 12.8. The van der Waals surface area contributed by atoms with Gasteiger partial charge in [0.15, 0.2) is 0 Å². The van der Waals surface area contributed by atoms with Crippen molar-refractivity contribution in [3.05, 3.63) is 35.4 Å². The third kappa shape index (κ3) is 3.97. The lowest BCUT2D eigenvalue weighted by Gasteiger charge is -2.32. The lowest BCUT2D eigenvalue weighted by molar-refractivity contribution is 0.0704. The molecule has 0 aromatic carbocycles. The number of carbonyl (C=O) groups is 1. The summed E-state index contributed by atoms with van der Waals surface area (Å²) in [6.07, 6.45) is 8.13. The number of amides is 1. The first-order valence-corrected chi connectivity index (χ1v) is 8.98. The topological polar surface area (TPSA) is 86.8 Å². The van der Waals surface area contributed by atoms with Gasteiger partial charge in [0.25, 0.3) is 5.91 Å². The predicted molar refractivity (Wildman–Crippen MR) is 96.6 cm³/mol. The lowest BCUT2D eigenvalue weighted by Crippen LogP contribution is -2.39. The lowest BCUT2D eigenvalue weighted by atomic mass is 9.91. The average molecular weight is 342 g/mol. The van der Waals surface area contributed by atoms with Gasteiger partial charge in [0.2, 0.25) is 5.95 Å². The van der Waals surface area contributed by atoms with Crippen LogP contribution in [0.15, 0.2) is 18.6 Å². The highest BCUT2D eigenvalue weighted by Gasteiger charge is 2.27. The van der Waals surface area contributed by atoms with E-state index in [9.17, 15) is 4.79 Å². The molecule has 134 valence electrons. The van der Waals surface area contributed by atoms with Crippen LogP contribution < -0.4 is 5.32 Å². The van der Waals surface area contributed by atoms with Crippen molar-refractivity contribution >= 4 is 11.9 Å². The molecule has 2 aromatic rings. The molecule has 0 radical (unpaired) electrons. The summed E-state index contributed by atoms with van der Waals surface area (Å²) in [6, 6.07) is 0.256. The zero-order valence-electron chi connectivity index (χ0n) is 15.1. The molecule has 3 rings (SSSR count). The number of H-pyrrole nitrogens is 1. The Morgan fingerprint density at radius 2 is 2.12 bits per heavy atom. The minimum absolute atomic E-state index is 0.00152. The number of carbonyl (C=O) groups excluding carboxylic acids is 1. The van der Waals surface area contributed by atoms with Crippen molar-refractivity contribution in [2.24, 2.45) is 0 Å². The average Bonchev–Trinajstić information content (AvgIpc) is 3.10. The van der Waals surface area contributed by atoms with Gasteiger partial charge in [-0.25, -0.2) is 9.97 Å². The number of piperidine rings is 1. The Morgan fingerprint density at radius 3 is 2.80 bits per heavy atom. The van der Waals surface area contributed by atoms with E-state index < -0.39 is 0 Å². The molecule has 1 aliphatic rings. The van der Waals surface area contributed by atoms with Crippen molar-refractivity contribution in [2.45, 2.75) is 52.0 Å². The summed E-state index contributed by atoms with van der Waals surface area (Å²) in [5.41, 5.74) is 2.95. The number of aryl methyl sites for hydroxylation is 1. The SMILES string of the molecule is CCc1cn[nH]c1[C@@H]1CCCN(C(=O)c2cnc(NC(C)C)nc2)C1. The quantitative estimate of drug-likeness (QED) is 0.872. The van der Waals surface area contributed by atoms with Crippen LogP contribution in [0, 0.1) is 0 Å². The van der Waals surface area contributed by atoms with Crippen molar-refractivity contribution < 1.29 is 4.79 Å². The molecule has 7 nitrogen and oxygen atoms in total. The van der Waals surface area contributed by atoms with Crippen LogP contribution in [0.25, 0.3) is 0 Å².